The summed E-state index contributed by atoms with van der Waals surface area (Å²) in [5.74, 6) is 1.00. The number of nitrogens with one attached hydrogen (secondary N) is 2. The molecule has 0 bridgehead atoms. The third-order valence-electron chi connectivity index (χ3n) is 3.75. The smallest absolute Gasteiger partial charge is 0.196 e. The van der Waals surface area contributed by atoms with Gasteiger partial charge in [0.05, 0.1) is 5.69 Å². The maximum atomic E-state index is 10.2. The van der Waals surface area contributed by atoms with Gasteiger partial charge in [-0.2, -0.15) is 0 Å². The average molecular weight is 317 g/mol. The zero-order valence-electron chi connectivity index (χ0n) is 15.3. The molecule has 0 amide bonds. The van der Waals surface area contributed by atoms with Crippen LogP contribution in [0.4, 0.5) is 5.69 Å². The highest BCUT2D eigenvalue weighted by Gasteiger charge is 2.23. The molecule has 0 radical (unpaired) electrons. The Balaban J connectivity index is 2.21. The normalized spacial score (nSPS) is 16.3. The topological polar surface area (TPSA) is 56.7 Å². The number of guanidine groups is 1. The molecule has 1 aromatic carbocycles. The van der Waals surface area contributed by atoms with E-state index in [-0.39, 0.29) is 16.6 Å². The first-order chi connectivity index (χ1) is 10.5. The van der Waals surface area contributed by atoms with Gasteiger partial charge in [0.1, 0.15) is 5.75 Å². The van der Waals surface area contributed by atoms with E-state index in [0.717, 1.165) is 12.5 Å². The molecule has 0 spiro atoms. The highest BCUT2D eigenvalue weighted by Crippen LogP contribution is 2.31. The standard InChI is InChI=1S/C19H31N3O/c1-18(2,3)12-20-17(21-14-8-9-14)22-15-11-13(19(4,5)6)7-10-16(15)23/h7,10-11,14,23H,8-9,12H2,1-6H3,(H2,20,21,22). The maximum Gasteiger partial charge on any atom is 0.196 e. The Morgan fingerprint density at radius 2 is 1.83 bits per heavy atom. The predicted molar refractivity (Wildman–Crippen MR) is 98.3 cm³/mol. The molecule has 1 fully saturated rings. The SMILES string of the molecule is CC(C)(C)CN=C(Nc1cc(C(C)(C)C)ccc1O)NC1CC1. The van der Waals surface area contributed by atoms with Gasteiger partial charge in [0.25, 0.3) is 0 Å². The number of aliphatic imine (C=N–C) groups is 1. The van der Waals surface area contributed by atoms with E-state index in [1.807, 2.05) is 12.1 Å². The summed E-state index contributed by atoms with van der Waals surface area (Å²) in [4.78, 5) is 4.69. The van der Waals surface area contributed by atoms with Crippen molar-refractivity contribution in [2.45, 2.75) is 65.8 Å². The number of anilines is 1. The van der Waals surface area contributed by atoms with Gasteiger partial charge in [-0.3, -0.25) is 4.99 Å². The number of rotatable bonds is 3. The molecule has 1 aromatic rings. The summed E-state index contributed by atoms with van der Waals surface area (Å²) in [5, 5.41) is 16.9. The fraction of sp³-hybridized carbons (Fsp3) is 0.632. The molecule has 2 rings (SSSR count). The summed E-state index contributed by atoms with van der Waals surface area (Å²) in [6, 6.07) is 6.24. The molecule has 0 heterocycles. The molecule has 23 heavy (non-hydrogen) atoms. The summed E-state index contributed by atoms with van der Waals surface area (Å²) in [5.41, 5.74) is 2.06. The van der Waals surface area contributed by atoms with Gasteiger partial charge in [-0.25, -0.2) is 0 Å². The highest BCUT2D eigenvalue weighted by atomic mass is 16.3. The number of aromatic hydroxyl groups is 1. The number of benzene rings is 1. The first-order valence-corrected chi connectivity index (χ1v) is 8.46. The lowest BCUT2D eigenvalue weighted by Crippen LogP contribution is -2.33. The molecular weight excluding hydrogens is 286 g/mol. The van der Waals surface area contributed by atoms with Crippen molar-refractivity contribution in [3.05, 3.63) is 23.8 Å². The summed E-state index contributed by atoms with van der Waals surface area (Å²) < 4.78 is 0. The first kappa shape index (κ1) is 17.6. The summed E-state index contributed by atoms with van der Waals surface area (Å²) >= 11 is 0. The van der Waals surface area contributed by atoms with Crippen LogP contribution < -0.4 is 10.6 Å². The molecule has 3 N–H and O–H groups in total. The van der Waals surface area contributed by atoms with Crippen LogP contribution in [-0.2, 0) is 5.41 Å². The lowest BCUT2D eigenvalue weighted by Gasteiger charge is -2.22. The molecule has 128 valence electrons. The second-order valence-electron chi connectivity index (χ2n) is 8.75. The van der Waals surface area contributed by atoms with Crippen molar-refractivity contribution in [3.63, 3.8) is 0 Å². The summed E-state index contributed by atoms with van der Waals surface area (Å²) in [7, 11) is 0. The van der Waals surface area contributed by atoms with Crippen LogP contribution in [0.25, 0.3) is 0 Å². The van der Waals surface area contributed by atoms with Crippen molar-refractivity contribution in [3.8, 4) is 5.75 Å². The quantitative estimate of drug-likeness (QED) is 0.443. The van der Waals surface area contributed by atoms with Crippen LogP contribution >= 0.6 is 0 Å². The van der Waals surface area contributed by atoms with Crippen molar-refractivity contribution in [1.29, 1.82) is 0 Å². The number of hydrogen-bond acceptors (Lipinski definition) is 2. The molecule has 1 saturated carbocycles. The Morgan fingerprint density at radius 1 is 1.17 bits per heavy atom. The minimum absolute atomic E-state index is 0.0385. The zero-order chi connectivity index (χ0) is 17.3. The Morgan fingerprint density at radius 3 is 2.35 bits per heavy atom. The van der Waals surface area contributed by atoms with Gasteiger partial charge in [-0.15, -0.1) is 0 Å². The van der Waals surface area contributed by atoms with Gasteiger partial charge in [0, 0.05) is 12.6 Å². The minimum Gasteiger partial charge on any atom is -0.506 e. The van der Waals surface area contributed by atoms with Gasteiger partial charge in [0.15, 0.2) is 5.96 Å². The first-order valence-electron chi connectivity index (χ1n) is 8.46. The molecule has 0 saturated heterocycles. The van der Waals surface area contributed by atoms with Crippen molar-refractivity contribution in [2.75, 3.05) is 11.9 Å². The van der Waals surface area contributed by atoms with E-state index in [1.54, 1.807) is 6.07 Å². The monoisotopic (exact) mass is 317 g/mol. The van der Waals surface area contributed by atoms with Gasteiger partial charge in [0.2, 0.25) is 0 Å². The lowest BCUT2D eigenvalue weighted by molar-refractivity contribution is 0.429. The van der Waals surface area contributed by atoms with Gasteiger partial charge in [-0.1, -0.05) is 47.6 Å². The summed E-state index contributed by atoms with van der Waals surface area (Å²) in [6.45, 7) is 13.7. The second kappa shape index (κ2) is 6.42. The molecule has 4 nitrogen and oxygen atoms in total. The highest BCUT2D eigenvalue weighted by molar-refractivity contribution is 5.95. The van der Waals surface area contributed by atoms with Crippen LogP contribution in [0.1, 0.15) is 59.9 Å². The van der Waals surface area contributed by atoms with Crippen LogP contribution in [0, 0.1) is 5.41 Å². The maximum absolute atomic E-state index is 10.2. The predicted octanol–water partition coefficient (Wildman–Crippen LogP) is 4.26. The van der Waals surface area contributed by atoms with Crippen LogP contribution in [0.3, 0.4) is 0 Å². The third kappa shape index (κ3) is 5.77. The molecule has 1 aliphatic rings. The van der Waals surface area contributed by atoms with Crippen LogP contribution in [0.2, 0.25) is 0 Å². The number of phenols is 1. The van der Waals surface area contributed by atoms with Crippen molar-refractivity contribution in [2.24, 2.45) is 10.4 Å². The fourth-order valence-electron chi connectivity index (χ4n) is 2.09. The Labute approximate surface area is 140 Å². The fourth-order valence-corrected chi connectivity index (χ4v) is 2.09. The van der Waals surface area contributed by atoms with E-state index in [0.29, 0.717) is 11.7 Å². The van der Waals surface area contributed by atoms with E-state index < -0.39 is 0 Å². The van der Waals surface area contributed by atoms with Crippen LogP contribution in [0.5, 0.6) is 5.75 Å². The molecule has 1 aliphatic carbocycles. The molecule has 4 heteroatoms. The van der Waals surface area contributed by atoms with Crippen LogP contribution in [0.15, 0.2) is 23.2 Å². The molecule has 0 atom stereocenters. The molecule has 0 unspecified atom stereocenters. The molecular formula is C19H31N3O. The van der Waals surface area contributed by atoms with E-state index in [2.05, 4.69) is 57.2 Å². The van der Waals surface area contributed by atoms with Gasteiger partial charge >= 0.3 is 0 Å². The van der Waals surface area contributed by atoms with Crippen LogP contribution in [-0.4, -0.2) is 23.7 Å². The van der Waals surface area contributed by atoms with E-state index in [4.69, 9.17) is 0 Å². The van der Waals surface area contributed by atoms with E-state index in [9.17, 15) is 5.11 Å². The zero-order valence-corrected chi connectivity index (χ0v) is 15.3. The van der Waals surface area contributed by atoms with Crippen molar-refractivity contribution in [1.82, 2.24) is 5.32 Å². The van der Waals surface area contributed by atoms with E-state index in [1.165, 1.54) is 18.4 Å². The number of nitrogens with zero attached hydrogens (tertiary/aromatic N) is 1. The number of hydrogen-bond donors (Lipinski definition) is 3. The molecule has 0 aliphatic heterocycles. The average Bonchev–Trinajstić information content (AvgIpc) is 3.20. The second-order valence-corrected chi connectivity index (χ2v) is 8.75. The van der Waals surface area contributed by atoms with Crippen molar-refractivity contribution >= 4 is 11.6 Å². The Bertz CT molecular complexity index is 575. The lowest BCUT2D eigenvalue weighted by atomic mass is 9.87. The number of phenolic OH excluding ortho intramolecular Hbond substituents is 1. The molecule has 0 aromatic heterocycles. The van der Waals surface area contributed by atoms with E-state index >= 15 is 0 Å². The van der Waals surface area contributed by atoms with Gasteiger partial charge < -0.3 is 15.7 Å². The van der Waals surface area contributed by atoms with Gasteiger partial charge in [-0.05, 0) is 41.4 Å². The Hall–Kier alpha value is -1.71. The Kier molecular flexibility index (Phi) is 4.92. The van der Waals surface area contributed by atoms with Crippen molar-refractivity contribution < 1.29 is 5.11 Å². The minimum atomic E-state index is 0.0385. The summed E-state index contributed by atoms with van der Waals surface area (Å²) in [6.07, 6.45) is 2.37. The largest absolute Gasteiger partial charge is 0.506 e. The third-order valence-corrected chi connectivity index (χ3v) is 3.75.